The predicted octanol–water partition coefficient (Wildman–Crippen LogP) is 2.40. The van der Waals surface area contributed by atoms with Crippen LogP contribution in [0, 0.1) is 0 Å². The topological polar surface area (TPSA) is 96.5 Å². The van der Waals surface area contributed by atoms with Gasteiger partial charge in [0.1, 0.15) is 5.69 Å². The van der Waals surface area contributed by atoms with Crippen molar-refractivity contribution in [2.24, 2.45) is 0 Å². The average molecular weight is 350 g/mol. The van der Waals surface area contributed by atoms with Crippen molar-refractivity contribution in [1.82, 2.24) is 4.98 Å². The lowest BCUT2D eigenvalue weighted by Gasteiger charge is -2.19. The summed E-state index contributed by atoms with van der Waals surface area (Å²) in [4.78, 5) is 28.5. The number of amides is 1. The molecule has 0 saturated heterocycles. The number of nitrogens with zero attached hydrogens (tertiary/aromatic N) is 2. The molecule has 0 aliphatic carbocycles. The fourth-order valence-electron chi connectivity index (χ4n) is 1.78. The van der Waals surface area contributed by atoms with Gasteiger partial charge >= 0.3 is 5.97 Å². The molecule has 108 valence electrons. The second kappa shape index (κ2) is 5.92. The fraction of sp³-hybridized carbons (Fsp3) is 0.0714. The molecule has 2 rings (SSSR count). The Morgan fingerprint density at radius 3 is 2.52 bits per heavy atom. The van der Waals surface area contributed by atoms with Gasteiger partial charge in [-0.25, -0.2) is 9.78 Å². The Hall–Kier alpha value is -2.41. The Kier molecular flexibility index (Phi) is 4.23. The number of benzene rings is 1. The van der Waals surface area contributed by atoms with E-state index in [9.17, 15) is 9.59 Å². The monoisotopic (exact) mass is 349 g/mol. The molecule has 3 N–H and O–H groups in total. The molecule has 2 aromatic rings. The molecule has 1 heterocycles. The molecule has 21 heavy (non-hydrogen) atoms. The third-order valence-electron chi connectivity index (χ3n) is 2.89. The van der Waals surface area contributed by atoms with Gasteiger partial charge in [0.2, 0.25) is 0 Å². The first-order valence-electron chi connectivity index (χ1n) is 5.92. The van der Waals surface area contributed by atoms with Crippen molar-refractivity contribution in [3.05, 3.63) is 52.3 Å². The smallest absolute Gasteiger partial charge is 0.335 e. The van der Waals surface area contributed by atoms with Crippen LogP contribution >= 0.6 is 15.9 Å². The number of carbonyl (C=O) groups is 2. The van der Waals surface area contributed by atoms with Crippen molar-refractivity contribution in [2.75, 3.05) is 17.7 Å². The molecule has 1 amide bonds. The standard InChI is InChI=1S/C14H12BrN3O3/c1-18(13(19)11-4-3-9(15)7-17-11)12-5-2-8(14(20)21)6-10(12)16/h2-7H,16H2,1H3,(H,20,21). The number of carboxylic acids is 1. The second-order valence-electron chi connectivity index (χ2n) is 4.30. The zero-order chi connectivity index (χ0) is 15.6. The number of hydrogen-bond donors (Lipinski definition) is 2. The van der Waals surface area contributed by atoms with Crippen LogP contribution in [0.15, 0.2) is 41.0 Å². The summed E-state index contributed by atoms with van der Waals surface area (Å²) in [6.07, 6.45) is 1.53. The maximum atomic E-state index is 12.3. The van der Waals surface area contributed by atoms with E-state index in [0.717, 1.165) is 4.47 Å². The zero-order valence-corrected chi connectivity index (χ0v) is 12.7. The number of hydrogen-bond acceptors (Lipinski definition) is 4. The molecule has 0 atom stereocenters. The minimum absolute atomic E-state index is 0.0684. The molecule has 1 aromatic heterocycles. The minimum Gasteiger partial charge on any atom is -0.478 e. The van der Waals surface area contributed by atoms with Crippen molar-refractivity contribution >= 4 is 39.2 Å². The number of nitrogens with two attached hydrogens (primary N) is 1. The van der Waals surface area contributed by atoms with E-state index < -0.39 is 5.97 Å². The van der Waals surface area contributed by atoms with Crippen LogP contribution in [0.4, 0.5) is 11.4 Å². The quantitative estimate of drug-likeness (QED) is 0.829. The van der Waals surface area contributed by atoms with Crippen LogP contribution in [-0.2, 0) is 0 Å². The van der Waals surface area contributed by atoms with Gasteiger partial charge in [0.05, 0.1) is 16.9 Å². The number of carbonyl (C=O) groups excluding carboxylic acids is 1. The zero-order valence-electron chi connectivity index (χ0n) is 11.1. The van der Waals surface area contributed by atoms with Gasteiger partial charge in [-0.1, -0.05) is 0 Å². The highest BCUT2D eigenvalue weighted by molar-refractivity contribution is 9.10. The SMILES string of the molecule is CN(C(=O)c1ccc(Br)cn1)c1ccc(C(=O)O)cc1N. The van der Waals surface area contributed by atoms with E-state index in [1.54, 1.807) is 19.2 Å². The first-order chi connectivity index (χ1) is 9.90. The van der Waals surface area contributed by atoms with Gasteiger partial charge in [0.15, 0.2) is 0 Å². The predicted molar refractivity (Wildman–Crippen MR) is 82.5 cm³/mol. The molecule has 6 nitrogen and oxygen atoms in total. The van der Waals surface area contributed by atoms with E-state index >= 15 is 0 Å². The molecule has 1 aromatic carbocycles. The van der Waals surface area contributed by atoms with Gasteiger partial charge in [-0.2, -0.15) is 0 Å². The van der Waals surface area contributed by atoms with Crippen LogP contribution in [-0.4, -0.2) is 29.0 Å². The maximum absolute atomic E-state index is 12.3. The maximum Gasteiger partial charge on any atom is 0.335 e. The Morgan fingerprint density at radius 1 is 1.29 bits per heavy atom. The molecular weight excluding hydrogens is 338 g/mol. The average Bonchev–Trinajstić information content (AvgIpc) is 2.46. The Labute approximate surface area is 129 Å². The number of anilines is 2. The molecule has 0 spiro atoms. The molecule has 0 saturated carbocycles. The number of halogens is 1. The van der Waals surface area contributed by atoms with E-state index in [2.05, 4.69) is 20.9 Å². The summed E-state index contributed by atoms with van der Waals surface area (Å²) in [5.74, 6) is -1.41. The number of rotatable bonds is 3. The van der Waals surface area contributed by atoms with Crippen molar-refractivity contribution in [1.29, 1.82) is 0 Å². The number of nitrogen functional groups attached to an aromatic ring is 1. The van der Waals surface area contributed by atoms with Crippen LogP contribution < -0.4 is 10.6 Å². The summed E-state index contributed by atoms with van der Waals surface area (Å²) in [6, 6.07) is 7.51. The summed E-state index contributed by atoms with van der Waals surface area (Å²) in [5.41, 5.74) is 6.79. The van der Waals surface area contributed by atoms with E-state index in [0.29, 0.717) is 5.69 Å². The summed E-state index contributed by atoms with van der Waals surface area (Å²) >= 11 is 3.25. The molecule has 0 radical (unpaired) electrons. The highest BCUT2D eigenvalue weighted by Gasteiger charge is 2.17. The van der Waals surface area contributed by atoms with E-state index in [4.69, 9.17) is 10.8 Å². The molecule has 0 aliphatic heterocycles. The third-order valence-corrected chi connectivity index (χ3v) is 3.36. The molecular formula is C14H12BrN3O3. The van der Waals surface area contributed by atoms with Gasteiger partial charge in [0, 0.05) is 17.7 Å². The van der Waals surface area contributed by atoms with E-state index in [-0.39, 0.29) is 22.9 Å². The third kappa shape index (κ3) is 3.19. The van der Waals surface area contributed by atoms with Gasteiger partial charge in [-0.05, 0) is 46.3 Å². The first-order valence-corrected chi connectivity index (χ1v) is 6.72. The van der Waals surface area contributed by atoms with Gasteiger partial charge in [-0.15, -0.1) is 0 Å². The summed E-state index contributed by atoms with van der Waals surface area (Å²) in [6.45, 7) is 0. The molecule has 0 unspecified atom stereocenters. The lowest BCUT2D eigenvalue weighted by atomic mass is 10.1. The van der Waals surface area contributed by atoms with E-state index in [1.165, 1.54) is 29.3 Å². The molecule has 0 aliphatic rings. The van der Waals surface area contributed by atoms with Crippen LogP contribution in [0.25, 0.3) is 0 Å². The van der Waals surface area contributed by atoms with E-state index in [1.807, 2.05) is 0 Å². The van der Waals surface area contributed by atoms with Crippen molar-refractivity contribution in [3.8, 4) is 0 Å². The van der Waals surface area contributed by atoms with Gasteiger partial charge in [-0.3, -0.25) is 4.79 Å². The summed E-state index contributed by atoms with van der Waals surface area (Å²) in [7, 11) is 1.55. The number of aromatic carboxylic acids is 1. The Bertz CT molecular complexity index is 701. The van der Waals surface area contributed by atoms with Crippen LogP contribution in [0.2, 0.25) is 0 Å². The number of aromatic nitrogens is 1. The molecule has 0 bridgehead atoms. The van der Waals surface area contributed by atoms with Crippen molar-refractivity contribution in [3.63, 3.8) is 0 Å². The number of carboxylic acid groups (broad SMARTS) is 1. The van der Waals surface area contributed by atoms with Crippen molar-refractivity contribution < 1.29 is 14.7 Å². The Balaban J connectivity index is 2.31. The lowest BCUT2D eigenvalue weighted by molar-refractivity contribution is 0.0697. The minimum atomic E-state index is -1.07. The summed E-state index contributed by atoms with van der Waals surface area (Å²) in [5, 5.41) is 8.90. The first kappa shape index (κ1) is 15.0. The van der Waals surface area contributed by atoms with Crippen LogP contribution in [0.3, 0.4) is 0 Å². The van der Waals surface area contributed by atoms with Gasteiger partial charge in [0.25, 0.3) is 5.91 Å². The van der Waals surface area contributed by atoms with Crippen LogP contribution in [0.5, 0.6) is 0 Å². The largest absolute Gasteiger partial charge is 0.478 e. The molecule has 7 heteroatoms. The highest BCUT2D eigenvalue weighted by Crippen LogP contribution is 2.24. The normalized spacial score (nSPS) is 10.2. The Morgan fingerprint density at radius 2 is 2.00 bits per heavy atom. The summed E-state index contributed by atoms with van der Waals surface area (Å²) < 4.78 is 0.770. The highest BCUT2D eigenvalue weighted by atomic mass is 79.9. The van der Waals surface area contributed by atoms with Crippen LogP contribution in [0.1, 0.15) is 20.8 Å². The molecule has 0 fully saturated rings. The number of pyridine rings is 1. The lowest BCUT2D eigenvalue weighted by Crippen LogP contribution is -2.27. The fourth-order valence-corrected chi connectivity index (χ4v) is 2.01. The van der Waals surface area contributed by atoms with Gasteiger partial charge < -0.3 is 15.7 Å². The second-order valence-corrected chi connectivity index (χ2v) is 5.22. The van der Waals surface area contributed by atoms with Crippen molar-refractivity contribution in [2.45, 2.75) is 0 Å².